The molecule has 1 aromatic heterocycles. The highest BCUT2D eigenvalue weighted by molar-refractivity contribution is 6.43. The van der Waals surface area contributed by atoms with Gasteiger partial charge in [0.15, 0.2) is 0 Å². The monoisotopic (exact) mass is 467 g/mol. The number of H-pyrrole nitrogens is 1. The van der Waals surface area contributed by atoms with Crippen molar-refractivity contribution in [1.29, 1.82) is 5.41 Å². The molecule has 0 bridgehead atoms. The minimum absolute atomic E-state index is 0.160. The van der Waals surface area contributed by atoms with Crippen LogP contribution in [-0.4, -0.2) is 24.9 Å². The van der Waals surface area contributed by atoms with Gasteiger partial charge in [-0.15, -0.1) is 0 Å². The number of hydrogen-bond acceptors (Lipinski definition) is 5. The van der Waals surface area contributed by atoms with Gasteiger partial charge in [0.1, 0.15) is 5.82 Å². The van der Waals surface area contributed by atoms with E-state index < -0.39 is 0 Å². The second kappa shape index (κ2) is 11.0. The molecule has 0 aliphatic rings. The Labute approximate surface area is 189 Å². The summed E-state index contributed by atoms with van der Waals surface area (Å²) in [6.45, 7) is 0.840. The number of nitrogens with one attached hydrogen (secondary N) is 4. The Morgan fingerprint density at radius 3 is 2.40 bits per heavy atom. The number of halogens is 3. The lowest BCUT2D eigenvalue weighted by molar-refractivity contribution is 0.794. The fraction of sp³-hybridized carbons (Fsp3) is 0.150. The van der Waals surface area contributed by atoms with Crippen LogP contribution in [-0.2, 0) is 6.42 Å². The highest BCUT2D eigenvalue weighted by Crippen LogP contribution is 2.35. The van der Waals surface area contributed by atoms with E-state index in [-0.39, 0.29) is 5.16 Å². The zero-order valence-electron chi connectivity index (χ0n) is 16.3. The smallest absolute Gasteiger partial charge is 0.101 e. The zero-order valence-corrected chi connectivity index (χ0v) is 18.6. The van der Waals surface area contributed by atoms with Crippen molar-refractivity contribution >= 4 is 68.6 Å². The molecular weight excluding hydrogens is 445 g/mol. The molecular formula is C20H24Cl3N7. The summed E-state index contributed by atoms with van der Waals surface area (Å²) in [5, 5.41) is 15.4. The van der Waals surface area contributed by atoms with Crippen LogP contribution in [0.15, 0.2) is 47.4 Å². The number of aromatic amines is 1. The van der Waals surface area contributed by atoms with Crippen molar-refractivity contribution in [1.82, 2.24) is 10.3 Å². The molecule has 0 atom stereocenters. The Morgan fingerprint density at radius 2 is 1.77 bits per heavy atom. The predicted molar refractivity (Wildman–Crippen MR) is 130 cm³/mol. The molecule has 0 radical (unpaired) electrons. The molecule has 0 saturated heterocycles. The predicted octanol–water partition coefficient (Wildman–Crippen LogP) is 4.19. The van der Waals surface area contributed by atoms with Crippen LogP contribution in [0.4, 0.5) is 5.69 Å². The standard InChI is InChI=1S/C19H20Cl3N5.CH4N2/c1-25-5-4-10-6-11(26-18(24)3-2-17(22)23)7-13-12-8-14(20)15(21)9-16(12)27-19(10)13;2-1-3/h2-3,6-9,25-27H,4-5,23-24H2,1H3;1H,(H3,2,3)/b17-2-,18-3+;. The van der Waals surface area contributed by atoms with E-state index in [4.69, 9.17) is 51.7 Å². The van der Waals surface area contributed by atoms with Crippen LogP contribution < -0.4 is 27.8 Å². The number of aromatic nitrogens is 1. The first kappa shape index (κ1) is 23.7. The first-order valence-corrected chi connectivity index (χ1v) is 10.1. The molecule has 0 amide bonds. The Hall–Kier alpha value is -2.58. The number of rotatable bonds is 6. The highest BCUT2D eigenvalue weighted by Gasteiger charge is 2.12. The molecule has 0 saturated carbocycles. The van der Waals surface area contributed by atoms with Crippen LogP contribution in [0.5, 0.6) is 0 Å². The Kier molecular flexibility index (Phi) is 8.68. The maximum Gasteiger partial charge on any atom is 0.101 e. The number of anilines is 1. The van der Waals surface area contributed by atoms with E-state index in [9.17, 15) is 0 Å². The number of fused-ring (bicyclic) bond motifs is 3. The summed E-state index contributed by atoms with van der Waals surface area (Å²) < 4.78 is 0. The van der Waals surface area contributed by atoms with Crippen molar-refractivity contribution < 1.29 is 0 Å². The fourth-order valence-corrected chi connectivity index (χ4v) is 3.37. The van der Waals surface area contributed by atoms with Crippen molar-refractivity contribution in [2.45, 2.75) is 6.42 Å². The molecule has 0 unspecified atom stereocenters. The van der Waals surface area contributed by atoms with E-state index in [2.05, 4.69) is 27.4 Å². The largest absolute Gasteiger partial charge is 0.390 e. The van der Waals surface area contributed by atoms with E-state index in [0.29, 0.717) is 15.9 Å². The first-order chi connectivity index (χ1) is 14.3. The van der Waals surface area contributed by atoms with E-state index >= 15 is 0 Å². The third-order valence-corrected chi connectivity index (χ3v) is 5.03. The number of allylic oxidation sites excluding steroid dienone is 2. The van der Waals surface area contributed by atoms with Crippen LogP contribution in [0, 0.1) is 5.41 Å². The Morgan fingerprint density at radius 1 is 1.10 bits per heavy atom. The van der Waals surface area contributed by atoms with Gasteiger partial charge in [-0.2, -0.15) is 0 Å². The van der Waals surface area contributed by atoms with E-state index in [1.54, 1.807) is 6.08 Å². The van der Waals surface area contributed by atoms with Gasteiger partial charge in [0.05, 0.1) is 21.5 Å². The van der Waals surface area contributed by atoms with Crippen LogP contribution in [0.1, 0.15) is 5.56 Å². The molecule has 30 heavy (non-hydrogen) atoms. The lowest BCUT2D eigenvalue weighted by atomic mass is 10.0. The van der Waals surface area contributed by atoms with Gasteiger partial charge < -0.3 is 32.8 Å². The first-order valence-electron chi connectivity index (χ1n) is 8.94. The molecule has 0 spiro atoms. The number of benzene rings is 2. The fourth-order valence-electron chi connectivity index (χ4n) is 2.98. The minimum Gasteiger partial charge on any atom is -0.390 e. The average Bonchev–Trinajstić information content (AvgIpc) is 3.03. The van der Waals surface area contributed by atoms with E-state index in [1.165, 1.54) is 6.08 Å². The van der Waals surface area contributed by atoms with Gasteiger partial charge in [-0.05, 0) is 62.0 Å². The molecule has 0 aliphatic heterocycles. The van der Waals surface area contributed by atoms with Crippen LogP contribution in [0.25, 0.3) is 21.8 Å². The summed E-state index contributed by atoms with van der Waals surface area (Å²) in [4.78, 5) is 3.46. The quantitative estimate of drug-likeness (QED) is 0.126. The summed E-state index contributed by atoms with van der Waals surface area (Å²) in [6.07, 6.45) is 4.73. The lowest BCUT2D eigenvalue weighted by Gasteiger charge is -2.10. The molecule has 2 aromatic carbocycles. The summed E-state index contributed by atoms with van der Waals surface area (Å²) >= 11 is 18.0. The molecule has 3 rings (SSSR count). The Bertz CT molecular complexity index is 1100. The van der Waals surface area contributed by atoms with E-state index in [1.807, 2.05) is 25.2 Å². The highest BCUT2D eigenvalue weighted by atomic mass is 35.5. The molecule has 1 heterocycles. The van der Waals surface area contributed by atoms with Crippen LogP contribution in [0.3, 0.4) is 0 Å². The number of nitrogens with two attached hydrogens (primary N) is 3. The maximum atomic E-state index is 6.23. The van der Waals surface area contributed by atoms with Gasteiger partial charge >= 0.3 is 0 Å². The van der Waals surface area contributed by atoms with Crippen molar-refractivity contribution in [3.05, 3.63) is 63.0 Å². The van der Waals surface area contributed by atoms with Crippen molar-refractivity contribution in [3.63, 3.8) is 0 Å². The van der Waals surface area contributed by atoms with Crippen molar-refractivity contribution in [2.24, 2.45) is 17.2 Å². The Balaban J connectivity index is 0.00000101. The molecule has 7 nitrogen and oxygen atoms in total. The third-order valence-electron chi connectivity index (χ3n) is 4.19. The second-order valence-corrected chi connectivity index (χ2v) is 7.56. The van der Waals surface area contributed by atoms with Gasteiger partial charge in [-0.3, -0.25) is 5.41 Å². The third kappa shape index (κ3) is 5.96. The number of likely N-dealkylation sites (N-methyl/N-ethyl adjacent to an activating group) is 1. The van der Waals surface area contributed by atoms with Gasteiger partial charge in [0, 0.05) is 27.5 Å². The molecule has 160 valence electrons. The van der Waals surface area contributed by atoms with Crippen molar-refractivity contribution in [3.8, 4) is 0 Å². The van der Waals surface area contributed by atoms with Crippen molar-refractivity contribution in [2.75, 3.05) is 18.9 Å². The normalized spacial score (nSPS) is 12.0. The molecule has 0 fully saturated rings. The second-order valence-electron chi connectivity index (χ2n) is 6.31. The lowest BCUT2D eigenvalue weighted by Crippen LogP contribution is -2.12. The molecule has 10 N–H and O–H groups in total. The average molecular weight is 469 g/mol. The summed E-state index contributed by atoms with van der Waals surface area (Å²) in [6, 6.07) is 7.80. The molecule has 3 aromatic rings. The summed E-state index contributed by atoms with van der Waals surface area (Å²) in [5.74, 6) is 0.429. The SMILES string of the molecule is CNCCc1cc(N/C(N)=C/C=C(\N)Cl)cc2c1[nH]c1cc(Cl)c(Cl)cc12.N=CN. The van der Waals surface area contributed by atoms with Gasteiger partial charge in [-0.25, -0.2) is 0 Å². The maximum absolute atomic E-state index is 6.23. The summed E-state index contributed by atoms with van der Waals surface area (Å²) in [5.41, 5.74) is 19.8. The topological polar surface area (TPSA) is 142 Å². The van der Waals surface area contributed by atoms with Gasteiger partial charge in [0.25, 0.3) is 0 Å². The van der Waals surface area contributed by atoms with Crippen LogP contribution in [0.2, 0.25) is 10.0 Å². The number of hydrogen-bond donors (Lipinski definition) is 7. The van der Waals surface area contributed by atoms with Gasteiger partial charge in [0.2, 0.25) is 0 Å². The molecule has 0 aliphatic carbocycles. The minimum atomic E-state index is 0.160. The zero-order chi connectivity index (χ0) is 22.3. The summed E-state index contributed by atoms with van der Waals surface area (Å²) in [7, 11) is 1.92. The van der Waals surface area contributed by atoms with E-state index in [0.717, 1.165) is 52.4 Å². The van der Waals surface area contributed by atoms with Crippen LogP contribution >= 0.6 is 34.8 Å². The van der Waals surface area contributed by atoms with Gasteiger partial charge in [-0.1, -0.05) is 34.8 Å². The molecule has 10 heteroatoms.